The van der Waals surface area contributed by atoms with E-state index in [9.17, 15) is 8.42 Å². The van der Waals surface area contributed by atoms with Gasteiger partial charge in [0.05, 0.1) is 11.0 Å². The standard InChI is InChI=1S/C14H29NO2S/c1-11(2)9-12(3)10-13(15-4)14-7-5-6-8-18(14,16)17/h11-15H,5-10H2,1-4H3. The largest absolute Gasteiger partial charge is 0.316 e. The van der Waals surface area contributed by atoms with E-state index >= 15 is 0 Å². The molecule has 1 aliphatic rings. The number of rotatable bonds is 6. The Bertz CT molecular complexity index is 338. The van der Waals surface area contributed by atoms with Crippen molar-refractivity contribution >= 4 is 9.84 Å². The summed E-state index contributed by atoms with van der Waals surface area (Å²) in [6.07, 6.45) is 4.88. The third-order valence-corrected chi connectivity index (χ3v) is 6.32. The molecule has 108 valence electrons. The Morgan fingerprint density at radius 2 is 1.83 bits per heavy atom. The molecular weight excluding hydrogens is 246 g/mol. The average molecular weight is 275 g/mol. The minimum absolute atomic E-state index is 0.129. The van der Waals surface area contributed by atoms with Crippen LogP contribution in [0.1, 0.15) is 52.9 Å². The van der Waals surface area contributed by atoms with E-state index < -0.39 is 9.84 Å². The van der Waals surface area contributed by atoms with Crippen LogP contribution in [0.15, 0.2) is 0 Å². The minimum Gasteiger partial charge on any atom is -0.316 e. The molecule has 4 heteroatoms. The Balaban J connectivity index is 2.64. The molecule has 1 N–H and O–H groups in total. The summed E-state index contributed by atoms with van der Waals surface area (Å²) < 4.78 is 24.3. The summed E-state index contributed by atoms with van der Waals surface area (Å²) in [5.41, 5.74) is 0. The lowest BCUT2D eigenvalue weighted by Gasteiger charge is -2.31. The van der Waals surface area contributed by atoms with Gasteiger partial charge in [0.1, 0.15) is 0 Å². The number of hydrogen-bond donors (Lipinski definition) is 1. The predicted molar refractivity (Wildman–Crippen MR) is 77.5 cm³/mol. The summed E-state index contributed by atoms with van der Waals surface area (Å²) in [4.78, 5) is 0. The Hall–Kier alpha value is -0.0900. The van der Waals surface area contributed by atoms with Crippen molar-refractivity contribution in [2.45, 2.75) is 64.2 Å². The Morgan fingerprint density at radius 3 is 2.33 bits per heavy atom. The van der Waals surface area contributed by atoms with Gasteiger partial charge in [0.2, 0.25) is 0 Å². The maximum Gasteiger partial charge on any atom is 0.154 e. The van der Waals surface area contributed by atoms with Gasteiger partial charge in [-0.2, -0.15) is 0 Å². The fourth-order valence-corrected chi connectivity index (χ4v) is 5.40. The molecule has 0 bridgehead atoms. The Labute approximate surface area is 113 Å². The fourth-order valence-electron chi connectivity index (χ4n) is 3.22. The van der Waals surface area contributed by atoms with Crippen LogP contribution in [-0.2, 0) is 9.84 Å². The van der Waals surface area contributed by atoms with Gasteiger partial charge in [-0.3, -0.25) is 0 Å². The molecule has 0 radical (unpaired) electrons. The minimum atomic E-state index is -2.87. The van der Waals surface area contributed by atoms with Gasteiger partial charge < -0.3 is 5.32 Å². The molecule has 1 heterocycles. The average Bonchev–Trinajstić information content (AvgIpc) is 2.25. The lowest BCUT2D eigenvalue weighted by molar-refractivity contribution is 0.342. The van der Waals surface area contributed by atoms with Crippen molar-refractivity contribution in [1.82, 2.24) is 5.32 Å². The molecule has 3 unspecified atom stereocenters. The van der Waals surface area contributed by atoms with Gasteiger partial charge in [0.25, 0.3) is 0 Å². The number of sulfone groups is 1. The molecule has 0 aromatic heterocycles. The highest BCUT2D eigenvalue weighted by atomic mass is 32.2. The quantitative estimate of drug-likeness (QED) is 0.810. The molecule has 0 saturated carbocycles. The van der Waals surface area contributed by atoms with Gasteiger partial charge in [-0.15, -0.1) is 0 Å². The summed E-state index contributed by atoms with van der Waals surface area (Å²) in [6, 6.07) is 0.129. The lowest BCUT2D eigenvalue weighted by atomic mass is 9.90. The molecule has 0 aliphatic carbocycles. The molecule has 3 nitrogen and oxygen atoms in total. The van der Waals surface area contributed by atoms with Gasteiger partial charge in [0, 0.05) is 6.04 Å². The van der Waals surface area contributed by atoms with Crippen LogP contribution in [0.25, 0.3) is 0 Å². The van der Waals surface area contributed by atoms with Gasteiger partial charge in [0.15, 0.2) is 9.84 Å². The molecule has 1 rings (SSSR count). The van der Waals surface area contributed by atoms with Crippen molar-refractivity contribution in [3.63, 3.8) is 0 Å². The first-order chi connectivity index (χ1) is 8.36. The van der Waals surface area contributed by atoms with E-state index in [1.54, 1.807) is 0 Å². The zero-order valence-electron chi connectivity index (χ0n) is 12.3. The van der Waals surface area contributed by atoms with Gasteiger partial charge in [-0.05, 0) is 44.6 Å². The highest BCUT2D eigenvalue weighted by molar-refractivity contribution is 7.92. The molecule has 18 heavy (non-hydrogen) atoms. The van der Waals surface area contributed by atoms with Crippen LogP contribution in [0.2, 0.25) is 0 Å². The summed E-state index contributed by atoms with van der Waals surface area (Å²) in [7, 11) is -0.972. The van der Waals surface area contributed by atoms with Crippen molar-refractivity contribution in [3.8, 4) is 0 Å². The molecular formula is C14H29NO2S. The molecule has 1 fully saturated rings. The van der Waals surface area contributed by atoms with Crippen LogP contribution in [0.3, 0.4) is 0 Å². The van der Waals surface area contributed by atoms with Crippen LogP contribution in [0, 0.1) is 11.8 Å². The lowest BCUT2D eigenvalue weighted by Crippen LogP contribution is -2.46. The highest BCUT2D eigenvalue weighted by Gasteiger charge is 2.35. The van der Waals surface area contributed by atoms with Crippen molar-refractivity contribution in [2.75, 3.05) is 12.8 Å². The topological polar surface area (TPSA) is 46.2 Å². The maximum atomic E-state index is 12.1. The first kappa shape index (κ1) is 16.0. The van der Waals surface area contributed by atoms with E-state index in [0.29, 0.717) is 17.6 Å². The van der Waals surface area contributed by atoms with E-state index in [-0.39, 0.29) is 11.3 Å². The van der Waals surface area contributed by atoms with E-state index in [2.05, 4.69) is 26.1 Å². The first-order valence-corrected chi connectivity index (χ1v) is 8.97. The third-order valence-electron chi connectivity index (χ3n) is 3.98. The zero-order chi connectivity index (χ0) is 13.8. The van der Waals surface area contributed by atoms with E-state index in [1.165, 1.54) is 6.42 Å². The van der Waals surface area contributed by atoms with Crippen LogP contribution in [0.4, 0.5) is 0 Å². The van der Waals surface area contributed by atoms with Crippen molar-refractivity contribution in [2.24, 2.45) is 11.8 Å². The monoisotopic (exact) mass is 275 g/mol. The summed E-state index contributed by atoms with van der Waals surface area (Å²) in [6.45, 7) is 6.68. The molecule has 0 spiro atoms. The van der Waals surface area contributed by atoms with E-state index in [1.807, 2.05) is 7.05 Å². The normalized spacial score (nSPS) is 27.1. The molecule has 0 aromatic carbocycles. The SMILES string of the molecule is CNC(CC(C)CC(C)C)C1CCCCS1(=O)=O. The Kier molecular flexibility index (Phi) is 6.12. The third kappa shape index (κ3) is 4.54. The highest BCUT2D eigenvalue weighted by Crippen LogP contribution is 2.27. The Morgan fingerprint density at radius 1 is 1.17 bits per heavy atom. The second kappa shape index (κ2) is 6.90. The van der Waals surface area contributed by atoms with Crippen molar-refractivity contribution in [1.29, 1.82) is 0 Å². The zero-order valence-corrected chi connectivity index (χ0v) is 13.1. The van der Waals surface area contributed by atoms with Crippen LogP contribution < -0.4 is 5.32 Å². The molecule has 1 saturated heterocycles. The molecule has 0 aromatic rings. The van der Waals surface area contributed by atoms with Crippen LogP contribution >= 0.6 is 0 Å². The van der Waals surface area contributed by atoms with E-state index in [4.69, 9.17) is 0 Å². The number of nitrogens with one attached hydrogen (secondary N) is 1. The van der Waals surface area contributed by atoms with E-state index in [0.717, 1.165) is 25.7 Å². The smallest absolute Gasteiger partial charge is 0.154 e. The summed E-state index contributed by atoms with van der Waals surface area (Å²) in [5.74, 6) is 1.65. The van der Waals surface area contributed by atoms with Crippen LogP contribution in [0.5, 0.6) is 0 Å². The predicted octanol–water partition coefficient (Wildman–Crippen LogP) is 2.61. The van der Waals surface area contributed by atoms with Gasteiger partial charge >= 0.3 is 0 Å². The maximum absolute atomic E-state index is 12.1. The molecule has 1 aliphatic heterocycles. The summed E-state index contributed by atoms with van der Waals surface area (Å²) >= 11 is 0. The van der Waals surface area contributed by atoms with Crippen molar-refractivity contribution in [3.05, 3.63) is 0 Å². The van der Waals surface area contributed by atoms with Gasteiger partial charge in [-0.1, -0.05) is 27.2 Å². The summed E-state index contributed by atoms with van der Waals surface area (Å²) in [5, 5.41) is 3.09. The molecule has 3 atom stereocenters. The number of hydrogen-bond acceptors (Lipinski definition) is 3. The fraction of sp³-hybridized carbons (Fsp3) is 1.00. The van der Waals surface area contributed by atoms with Crippen molar-refractivity contribution < 1.29 is 8.42 Å². The first-order valence-electron chi connectivity index (χ1n) is 7.25. The van der Waals surface area contributed by atoms with Gasteiger partial charge in [-0.25, -0.2) is 8.42 Å². The second-order valence-electron chi connectivity index (χ2n) is 6.27. The second-order valence-corrected chi connectivity index (χ2v) is 8.61. The van der Waals surface area contributed by atoms with Crippen LogP contribution in [-0.4, -0.2) is 32.5 Å². The molecule has 0 amide bonds.